The standard InChI is InChI=1S/C11H22N2O2/c1-3-15-10(14)8-11(9-12)4-6-13(2)7-5-11/h3-9,12H2,1-2H3. The van der Waals surface area contributed by atoms with E-state index in [4.69, 9.17) is 10.5 Å². The van der Waals surface area contributed by atoms with Gasteiger partial charge in [0.15, 0.2) is 0 Å². The summed E-state index contributed by atoms with van der Waals surface area (Å²) in [5.74, 6) is -0.104. The molecule has 0 aromatic rings. The zero-order valence-electron chi connectivity index (χ0n) is 9.79. The van der Waals surface area contributed by atoms with Crippen LogP contribution < -0.4 is 5.73 Å². The maximum atomic E-state index is 11.5. The number of carbonyl (C=O) groups is 1. The molecule has 0 spiro atoms. The lowest BCUT2D eigenvalue weighted by atomic mass is 9.76. The van der Waals surface area contributed by atoms with E-state index in [-0.39, 0.29) is 11.4 Å². The molecular formula is C11H22N2O2. The van der Waals surface area contributed by atoms with E-state index in [9.17, 15) is 4.79 Å². The number of carbonyl (C=O) groups excluding carboxylic acids is 1. The van der Waals surface area contributed by atoms with Crippen LogP contribution in [0.5, 0.6) is 0 Å². The molecule has 15 heavy (non-hydrogen) atoms. The van der Waals surface area contributed by atoms with Crippen molar-refractivity contribution in [3.63, 3.8) is 0 Å². The van der Waals surface area contributed by atoms with Gasteiger partial charge in [-0.1, -0.05) is 0 Å². The first kappa shape index (κ1) is 12.5. The van der Waals surface area contributed by atoms with Crippen molar-refractivity contribution in [3.8, 4) is 0 Å². The van der Waals surface area contributed by atoms with Crippen molar-refractivity contribution < 1.29 is 9.53 Å². The first-order valence-corrected chi connectivity index (χ1v) is 5.66. The Morgan fingerprint density at radius 1 is 1.47 bits per heavy atom. The van der Waals surface area contributed by atoms with Crippen LogP contribution in [0.15, 0.2) is 0 Å². The number of ether oxygens (including phenoxy) is 1. The molecule has 88 valence electrons. The third-order valence-corrected chi connectivity index (χ3v) is 3.31. The number of nitrogens with zero attached hydrogens (tertiary/aromatic N) is 1. The molecule has 4 heteroatoms. The van der Waals surface area contributed by atoms with Crippen molar-refractivity contribution in [2.75, 3.05) is 33.3 Å². The summed E-state index contributed by atoms with van der Waals surface area (Å²) >= 11 is 0. The Kier molecular flexibility index (Phi) is 4.54. The molecule has 0 bridgehead atoms. The van der Waals surface area contributed by atoms with Crippen molar-refractivity contribution in [1.29, 1.82) is 0 Å². The second-order valence-corrected chi connectivity index (χ2v) is 4.49. The average molecular weight is 214 g/mol. The Morgan fingerprint density at radius 3 is 2.53 bits per heavy atom. The Balaban J connectivity index is 2.49. The summed E-state index contributed by atoms with van der Waals surface area (Å²) < 4.78 is 4.99. The Hall–Kier alpha value is -0.610. The van der Waals surface area contributed by atoms with Crippen molar-refractivity contribution in [2.24, 2.45) is 11.1 Å². The molecule has 1 fully saturated rings. The molecule has 1 saturated heterocycles. The Morgan fingerprint density at radius 2 is 2.07 bits per heavy atom. The first-order chi connectivity index (χ1) is 7.12. The van der Waals surface area contributed by atoms with E-state index in [1.54, 1.807) is 0 Å². The van der Waals surface area contributed by atoms with Crippen LogP contribution in [0.4, 0.5) is 0 Å². The van der Waals surface area contributed by atoms with E-state index < -0.39 is 0 Å². The quantitative estimate of drug-likeness (QED) is 0.697. The van der Waals surface area contributed by atoms with Crippen LogP contribution in [0.3, 0.4) is 0 Å². The van der Waals surface area contributed by atoms with Gasteiger partial charge in [-0.15, -0.1) is 0 Å². The molecule has 1 rings (SSSR count). The Bertz CT molecular complexity index is 211. The van der Waals surface area contributed by atoms with Gasteiger partial charge in [-0.05, 0) is 51.9 Å². The molecule has 0 radical (unpaired) electrons. The van der Waals surface area contributed by atoms with Gasteiger partial charge in [0, 0.05) is 0 Å². The predicted octanol–water partition coefficient (Wildman–Crippen LogP) is 0.610. The summed E-state index contributed by atoms with van der Waals surface area (Å²) in [6, 6.07) is 0. The molecule has 1 aliphatic heterocycles. The fraction of sp³-hybridized carbons (Fsp3) is 0.909. The SMILES string of the molecule is CCOC(=O)CC1(CN)CCN(C)CC1. The van der Waals surface area contributed by atoms with E-state index in [1.807, 2.05) is 6.92 Å². The lowest BCUT2D eigenvalue weighted by molar-refractivity contribution is -0.146. The summed E-state index contributed by atoms with van der Waals surface area (Å²) in [4.78, 5) is 13.7. The third-order valence-electron chi connectivity index (χ3n) is 3.31. The molecule has 0 unspecified atom stereocenters. The lowest BCUT2D eigenvalue weighted by Crippen LogP contribution is -2.43. The molecule has 4 nitrogen and oxygen atoms in total. The third kappa shape index (κ3) is 3.47. The first-order valence-electron chi connectivity index (χ1n) is 5.66. The highest BCUT2D eigenvalue weighted by molar-refractivity contribution is 5.70. The van der Waals surface area contributed by atoms with Gasteiger partial charge in [-0.3, -0.25) is 4.79 Å². The fourth-order valence-electron chi connectivity index (χ4n) is 2.06. The molecule has 1 heterocycles. The van der Waals surface area contributed by atoms with Gasteiger partial charge in [0.1, 0.15) is 0 Å². The molecule has 0 aromatic carbocycles. The molecule has 0 saturated carbocycles. The predicted molar refractivity (Wildman–Crippen MR) is 59.5 cm³/mol. The van der Waals surface area contributed by atoms with E-state index in [0.29, 0.717) is 19.6 Å². The smallest absolute Gasteiger partial charge is 0.306 e. The van der Waals surface area contributed by atoms with Crippen LogP contribution in [0.2, 0.25) is 0 Å². The minimum absolute atomic E-state index is 0.0151. The van der Waals surface area contributed by atoms with Crippen LogP contribution >= 0.6 is 0 Å². The summed E-state index contributed by atoms with van der Waals surface area (Å²) in [6.45, 7) is 4.92. The monoisotopic (exact) mass is 214 g/mol. The van der Waals surface area contributed by atoms with Crippen molar-refractivity contribution in [3.05, 3.63) is 0 Å². The molecule has 0 aromatic heterocycles. The molecule has 0 atom stereocenters. The fourth-order valence-corrected chi connectivity index (χ4v) is 2.06. The summed E-state index contributed by atoms with van der Waals surface area (Å²) in [5.41, 5.74) is 5.79. The van der Waals surface area contributed by atoms with Gasteiger partial charge in [-0.2, -0.15) is 0 Å². The second-order valence-electron chi connectivity index (χ2n) is 4.49. The van der Waals surface area contributed by atoms with Gasteiger partial charge in [-0.25, -0.2) is 0 Å². The number of rotatable bonds is 4. The van der Waals surface area contributed by atoms with Crippen molar-refractivity contribution in [1.82, 2.24) is 4.90 Å². The van der Waals surface area contributed by atoms with E-state index in [2.05, 4.69) is 11.9 Å². The van der Waals surface area contributed by atoms with Crippen molar-refractivity contribution >= 4 is 5.97 Å². The molecular weight excluding hydrogens is 192 g/mol. The van der Waals surface area contributed by atoms with E-state index in [1.165, 1.54) is 0 Å². The number of esters is 1. The minimum Gasteiger partial charge on any atom is -0.466 e. The summed E-state index contributed by atoms with van der Waals surface area (Å²) in [5, 5.41) is 0. The number of hydrogen-bond acceptors (Lipinski definition) is 4. The highest BCUT2D eigenvalue weighted by atomic mass is 16.5. The molecule has 0 amide bonds. The van der Waals surface area contributed by atoms with Gasteiger partial charge in [0.2, 0.25) is 0 Å². The highest BCUT2D eigenvalue weighted by Gasteiger charge is 2.34. The maximum absolute atomic E-state index is 11.5. The normalized spacial score (nSPS) is 21.3. The molecule has 1 aliphatic rings. The number of nitrogens with two attached hydrogens (primary N) is 1. The van der Waals surface area contributed by atoms with Crippen molar-refractivity contribution in [2.45, 2.75) is 26.2 Å². The molecule has 0 aliphatic carbocycles. The van der Waals surface area contributed by atoms with Gasteiger partial charge in [0.05, 0.1) is 13.0 Å². The number of likely N-dealkylation sites (tertiary alicyclic amines) is 1. The van der Waals surface area contributed by atoms with Gasteiger partial charge in [0.25, 0.3) is 0 Å². The molecule has 2 N–H and O–H groups in total. The Labute approximate surface area is 91.8 Å². The highest BCUT2D eigenvalue weighted by Crippen LogP contribution is 2.33. The summed E-state index contributed by atoms with van der Waals surface area (Å²) in [7, 11) is 2.10. The van der Waals surface area contributed by atoms with Crippen LogP contribution in [-0.4, -0.2) is 44.2 Å². The zero-order chi connectivity index (χ0) is 11.3. The van der Waals surface area contributed by atoms with Crippen LogP contribution in [0.25, 0.3) is 0 Å². The lowest BCUT2D eigenvalue weighted by Gasteiger charge is -2.39. The number of piperidine rings is 1. The maximum Gasteiger partial charge on any atom is 0.306 e. The second kappa shape index (κ2) is 5.47. The van der Waals surface area contributed by atoms with E-state index in [0.717, 1.165) is 25.9 Å². The zero-order valence-corrected chi connectivity index (χ0v) is 9.79. The van der Waals surface area contributed by atoms with Crippen LogP contribution in [-0.2, 0) is 9.53 Å². The van der Waals surface area contributed by atoms with Crippen LogP contribution in [0.1, 0.15) is 26.2 Å². The van der Waals surface area contributed by atoms with Crippen LogP contribution in [0, 0.1) is 5.41 Å². The largest absolute Gasteiger partial charge is 0.466 e. The number of hydrogen-bond donors (Lipinski definition) is 1. The average Bonchev–Trinajstić information content (AvgIpc) is 2.22. The van der Waals surface area contributed by atoms with Gasteiger partial charge < -0.3 is 15.4 Å². The minimum atomic E-state index is -0.104. The van der Waals surface area contributed by atoms with E-state index >= 15 is 0 Å². The topological polar surface area (TPSA) is 55.6 Å². The van der Waals surface area contributed by atoms with Gasteiger partial charge >= 0.3 is 5.97 Å². The summed E-state index contributed by atoms with van der Waals surface area (Å²) in [6.07, 6.45) is 2.48.